The molecule has 184 valence electrons. The minimum Gasteiger partial charge on any atom is -0.507 e. The SMILES string of the molecule is COc1ccc(/C(O)=C2\C(=O)C(=O)N(Cc3ccccc3)C2c2cccc(Oc3ccccc3)c2)cc1. The van der Waals surface area contributed by atoms with E-state index in [9.17, 15) is 14.7 Å². The molecule has 1 fully saturated rings. The van der Waals surface area contributed by atoms with Crippen LogP contribution < -0.4 is 9.47 Å². The third-order valence-corrected chi connectivity index (χ3v) is 6.25. The fraction of sp³-hybridized carbons (Fsp3) is 0.0968. The number of likely N-dealkylation sites (tertiary alicyclic amines) is 1. The summed E-state index contributed by atoms with van der Waals surface area (Å²) in [6.45, 7) is 0.208. The minimum absolute atomic E-state index is 0.0305. The molecule has 1 amide bonds. The number of rotatable bonds is 7. The number of amides is 1. The van der Waals surface area contributed by atoms with Gasteiger partial charge in [-0.3, -0.25) is 9.59 Å². The van der Waals surface area contributed by atoms with Gasteiger partial charge in [-0.25, -0.2) is 0 Å². The van der Waals surface area contributed by atoms with E-state index in [1.807, 2.05) is 78.9 Å². The normalized spacial score (nSPS) is 16.6. The lowest BCUT2D eigenvalue weighted by molar-refractivity contribution is -0.140. The number of aliphatic hydroxyl groups excluding tert-OH is 1. The number of aliphatic hydroxyl groups is 1. The molecule has 1 saturated heterocycles. The van der Waals surface area contributed by atoms with Crippen molar-refractivity contribution >= 4 is 17.4 Å². The van der Waals surface area contributed by atoms with Gasteiger partial charge in [-0.15, -0.1) is 0 Å². The predicted octanol–water partition coefficient (Wildman–Crippen LogP) is 6.11. The number of para-hydroxylation sites is 1. The predicted molar refractivity (Wildman–Crippen MR) is 140 cm³/mol. The number of carbonyl (C=O) groups excluding carboxylic acids is 2. The number of nitrogens with zero attached hydrogens (tertiary/aromatic N) is 1. The second-order valence-corrected chi connectivity index (χ2v) is 8.63. The molecule has 4 aromatic carbocycles. The summed E-state index contributed by atoms with van der Waals surface area (Å²) in [5.41, 5.74) is 1.97. The van der Waals surface area contributed by atoms with E-state index in [4.69, 9.17) is 9.47 Å². The zero-order valence-electron chi connectivity index (χ0n) is 20.2. The number of benzene rings is 4. The Morgan fingerprint density at radius 2 is 1.43 bits per heavy atom. The molecule has 0 aliphatic carbocycles. The van der Waals surface area contributed by atoms with Gasteiger partial charge in [0.25, 0.3) is 11.7 Å². The summed E-state index contributed by atoms with van der Waals surface area (Å²) in [5.74, 6) is 0.191. The fourth-order valence-corrected chi connectivity index (χ4v) is 4.45. The van der Waals surface area contributed by atoms with Gasteiger partial charge >= 0.3 is 0 Å². The zero-order chi connectivity index (χ0) is 25.8. The van der Waals surface area contributed by atoms with Crippen LogP contribution in [0.3, 0.4) is 0 Å². The number of methoxy groups -OCH3 is 1. The van der Waals surface area contributed by atoms with Crippen LogP contribution in [0.15, 0.2) is 115 Å². The van der Waals surface area contributed by atoms with Crippen LogP contribution in [-0.4, -0.2) is 28.8 Å². The van der Waals surface area contributed by atoms with Crippen LogP contribution in [0.2, 0.25) is 0 Å². The zero-order valence-corrected chi connectivity index (χ0v) is 20.2. The van der Waals surface area contributed by atoms with Crippen molar-refractivity contribution in [3.8, 4) is 17.2 Å². The van der Waals surface area contributed by atoms with E-state index in [2.05, 4.69) is 0 Å². The number of ether oxygens (including phenoxy) is 2. The number of carbonyl (C=O) groups is 2. The highest BCUT2D eigenvalue weighted by Gasteiger charge is 2.46. The number of hydrogen-bond donors (Lipinski definition) is 1. The monoisotopic (exact) mass is 491 g/mol. The van der Waals surface area contributed by atoms with Crippen LogP contribution in [0, 0.1) is 0 Å². The van der Waals surface area contributed by atoms with Crippen LogP contribution >= 0.6 is 0 Å². The molecular formula is C31H25NO5. The largest absolute Gasteiger partial charge is 0.507 e. The Labute approximate surface area is 215 Å². The van der Waals surface area contributed by atoms with Crippen LogP contribution in [0.5, 0.6) is 17.2 Å². The number of Topliss-reactive ketones (excluding diaryl/α,β-unsaturated/α-hetero) is 1. The summed E-state index contributed by atoms with van der Waals surface area (Å²) in [5, 5.41) is 11.3. The van der Waals surface area contributed by atoms with E-state index in [-0.39, 0.29) is 17.9 Å². The number of hydrogen-bond acceptors (Lipinski definition) is 5. The van der Waals surface area contributed by atoms with Gasteiger partial charge in [0.2, 0.25) is 0 Å². The molecule has 6 heteroatoms. The minimum atomic E-state index is -0.804. The molecule has 6 nitrogen and oxygen atoms in total. The molecule has 1 atom stereocenters. The van der Waals surface area contributed by atoms with Crippen molar-refractivity contribution in [3.05, 3.63) is 131 Å². The molecule has 1 N–H and O–H groups in total. The summed E-state index contributed by atoms with van der Waals surface area (Å²) in [6.07, 6.45) is 0. The highest BCUT2D eigenvalue weighted by Crippen LogP contribution is 2.41. The van der Waals surface area contributed by atoms with Crippen LogP contribution in [-0.2, 0) is 16.1 Å². The molecule has 1 unspecified atom stereocenters. The average Bonchev–Trinajstić information content (AvgIpc) is 3.19. The maximum atomic E-state index is 13.3. The molecule has 37 heavy (non-hydrogen) atoms. The lowest BCUT2D eigenvalue weighted by Crippen LogP contribution is -2.29. The van der Waals surface area contributed by atoms with Gasteiger partial charge in [0.05, 0.1) is 18.7 Å². The Morgan fingerprint density at radius 3 is 2.11 bits per heavy atom. The molecule has 0 saturated carbocycles. The molecule has 1 aliphatic heterocycles. The van der Waals surface area contributed by atoms with Gasteiger partial charge in [0, 0.05) is 12.1 Å². The van der Waals surface area contributed by atoms with Crippen molar-refractivity contribution in [3.63, 3.8) is 0 Å². The first-order chi connectivity index (χ1) is 18.0. The summed E-state index contributed by atoms with van der Waals surface area (Å²) in [6, 6.07) is 31.9. The summed E-state index contributed by atoms with van der Waals surface area (Å²) in [7, 11) is 1.55. The maximum absolute atomic E-state index is 13.3. The second kappa shape index (κ2) is 10.4. The van der Waals surface area contributed by atoms with Gasteiger partial charge in [-0.2, -0.15) is 0 Å². The van der Waals surface area contributed by atoms with E-state index < -0.39 is 17.7 Å². The van der Waals surface area contributed by atoms with Crippen molar-refractivity contribution < 1.29 is 24.2 Å². The molecule has 0 spiro atoms. The van der Waals surface area contributed by atoms with Crippen molar-refractivity contribution in [1.29, 1.82) is 0 Å². The molecule has 1 aliphatic rings. The average molecular weight is 492 g/mol. The van der Waals surface area contributed by atoms with E-state index >= 15 is 0 Å². The van der Waals surface area contributed by atoms with E-state index in [0.29, 0.717) is 28.4 Å². The van der Waals surface area contributed by atoms with E-state index in [0.717, 1.165) is 5.56 Å². The van der Waals surface area contributed by atoms with Gasteiger partial charge in [-0.1, -0.05) is 60.7 Å². The van der Waals surface area contributed by atoms with Gasteiger partial charge in [0.1, 0.15) is 23.0 Å². The fourth-order valence-electron chi connectivity index (χ4n) is 4.45. The molecule has 5 rings (SSSR count). The lowest BCUT2D eigenvalue weighted by Gasteiger charge is -2.26. The first-order valence-electron chi connectivity index (χ1n) is 11.8. The van der Waals surface area contributed by atoms with Gasteiger partial charge in [-0.05, 0) is 59.7 Å². The molecule has 0 bridgehead atoms. The van der Waals surface area contributed by atoms with Crippen molar-refractivity contribution in [1.82, 2.24) is 4.90 Å². The summed E-state index contributed by atoms with van der Waals surface area (Å²) in [4.78, 5) is 28.1. The Hall–Kier alpha value is -4.84. The first-order valence-corrected chi connectivity index (χ1v) is 11.8. The summed E-state index contributed by atoms with van der Waals surface area (Å²) >= 11 is 0. The van der Waals surface area contributed by atoms with Gasteiger partial charge in [0.15, 0.2) is 0 Å². The molecular weight excluding hydrogens is 466 g/mol. The Balaban J connectivity index is 1.60. The third-order valence-electron chi connectivity index (χ3n) is 6.25. The van der Waals surface area contributed by atoms with Crippen molar-refractivity contribution in [2.75, 3.05) is 7.11 Å². The van der Waals surface area contributed by atoms with Gasteiger partial charge < -0.3 is 19.5 Å². The van der Waals surface area contributed by atoms with Crippen molar-refractivity contribution in [2.24, 2.45) is 0 Å². The Kier molecular flexibility index (Phi) is 6.72. The molecule has 0 aromatic heterocycles. The molecule has 0 radical (unpaired) electrons. The quantitative estimate of drug-likeness (QED) is 0.192. The molecule has 1 heterocycles. The maximum Gasteiger partial charge on any atom is 0.295 e. The third kappa shape index (κ3) is 4.95. The Bertz CT molecular complexity index is 1450. The van der Waals surface area contributed by atoms with Crippen LogP contribution in [0.25, 0.3) is 5.76 Å². The highest BCUT2D eigenvalue weighted by molar-refractivity contribution is 6.46. The van der Waals surface area contributed by atoms with E-state index in [1.165, 1.54) is 4.90 Å². The second-order valence-electron chi connectivity index (χ2n) is 8.63. The van der Waals surface area contributed by atoms with E-state index in [1.54, 1.807) is 37.4 Å². The summed E-state index contributed by atoms with van der Waals surface area (Å²) < 4.78 is 11.2. The highest BCUT2D eigenvalue weighted by atomic mass is 16.5. The Morgan fingerprint density at radius 1 is 0.784 bits per heavy atom. The number of ketones is 1. The van der Waals surface area contributed by atoms with Crippen LogP contribution in [0.1, 0.15) is 22.7 Å². The molecule has 4 aromatic rings. The first kappa shape index (κ1) is 23.9. The smallest absolute Gasteiger partial charge is 0.295 e. The van der Waals surface area contributed by atoms with Crippen LogP contribution in [0.4, 0.5) is 0 Å². The standard InChI is InChI=1S/C31H25NO5/c1-36-24-17-15-22(16-18-24)29(33)27-28(32(31(35)30(27)34)20-21-9-4-2-5-10-21)23-11-8-14-26(19-23)37-25-12-6-3-7-13-25/h2-19,28,33H,20H2,1H3/b29-27+. The lowest BCUT2D eigenvalue weighted by atomic mass is 9.95. The van der Waals surface area contributed by atoms with Crippen molar-refractivity contribution in [2.45, 2.75) is 12.6 Å². The topological polar surface area (TPSA) is 76.1 Å².